The molecule has 0 N–H and O–H groups in total. The number of rotatable bonds is 7. The van der Waals surface area contributed by atoms with Crippen LogP contribution >= 0.6 is 0 Å². The van der Waals surface area contributed by atoms with Crippen LogP contribution in [0.2, 0.25) is 0 Å². The molecule has 0 amide bonds. The zero-order chi connectivity index (χ0) is 19.3. The molecule has 0 bridgehead atoms. The van der Waals surface area contributed by atoms with E-state index in [1.54, 1.807) is 24.3 Å². The number of ketones is 1. The molecule has 0 unspecified atom stereocenters. The van der Waals surface area contributed by atoms with Crippen molar-refractivity contribution < 1.29 is 28.0 Å². The molecule has 0 atom stereocenters. The van der Waals surface area contributed by atoms with Gasteiger partial charge in [-0.25, -0.2) is 0 Å². The summed E-state index contributed by atoms with van der Waals surface area (Å²) in [6, 6.07) is 8.80. The highest BCUT2D eigenvalue weighted by Crippen LogP contribution is 2.36. The van der Waals surface area contributed by atoms with Gasteiger partial charge in [0.05, 0.1) is 23.7 Å². The molecule has 0 aromatic heterocycles. The molecule has 2 aromatic carbocycles. The van der Waals surface area contributed by atoms with Crippen LogP contribution in [0.3, 0.4) is 0 Å². The Morgan fingerprint density at radius 3 is 2.38 bits per heavy atom. The van der Waals surface area contributed by atoms with Crippen molar-refractivity contribution in [2.45, 2.75) is 13.5 Å². The Hall–Kier alpha value is -3.29. The summed E-state index contributed by atoms with van der Waals surface area (Å²) < 4.78 is 34.0. The van der Waals surface area contributed by atoms with Crippen LogP contribution in [0.5, 0.6) is 11.5 Å². The number of halogens is 2. The van der Waals surface area contributed by atoms with Crippen molar-refractivity contribution in [2.24, 2.45) is 0 Å². The third-order valence-corrected chi connectivity index (χ3v) is 3.48. The second-order valence-corrected chi connectivity index (χ2v) is 5.26. The van der Waals surface area contributed by atoms with E-state index in [4.69, 9.17) is 4.74 Å². The first-order valence-electron chi connectivity index (χ1n) is 7.42. The summed E-state index contributed by atoms with van der Waals surface area (Å²) in [7, 11) is 1.21. The summed E-state index contributed by atoms with van der Waals surface area (Å²) in [5, 5.41) is 11.2. The fourth-order valence-corrected chi connectivity index (χ4v) is 2.18. The largest absolute Gasteiger partial charge is 0.493 e. The molecule has 0 heterocycles. The molecule has 2 aromatic rings. The molecule has 8 heteroatoms. The Labute approximate surface area is 147 Å². The molecular formula is C18H15F2NO5. The van der Waals surface area contributed by atoms with Gasteiger partial charge in [0.15, 0.2) is 17.3 Å². The summed E-state index contributed by atoms with van der Waals surface area (Å²) in [4.78, 5) is 22.6. The molecular weight excluding hydrogens is 348 g/mol. The molecule has 0 aliphatic carbocycles. The minimum absolute atomic E-state index is 0.0222. The lowest BCUT2D eigenvalue weighted by Crippen LogP contribution is -2.05. The number of hydrogen-bond donors (Lipinski definition) is 0. The SMILES string of the molecule is COc1cc(/C=C/C(=O)c2ccc(C)cc2)c([N+](=O)[O-])cc1OC(F)F. The number of methoxy groups -OCH3 is 1. The zero-order valence-electron chi connectivity index (χ0n) is 13.9. The summed E-state index contributed by atoms with van der Waals surface area (Å²) in [6.07, 6.45) is 2.40. The number of carbonyl (C=O) groups is 1. The molecule has 0 saturated carbocycles. The van der Waals surface area contributed by atoms with E-state index in [9.17, 15) is 23.7 Å². The number of allylic oxidation sites excluding steroid dienone is 1. The summed E-state index contributed by atoms with van der Waals surface area (Å²) >= 11 is 0. The molecule has 0 radical (unpaired) electrons. The van der Waals surface area contributed by atoms with E-state index in [0.717, 1.165) is 17.7 Å². The van der Waals surface area contributed by atoms with Gasteiger partial charge in [-0.15, -0.1) is 0 Å². The van der Waals surface area contributed by atoms with Gasteiger partial charge < -0.3 is 9.47 Å². The van der Waals surface area contributed by atoms with Crippen LogP contribution in [0.15, 0.2) is 42.5 Å². The average Bonchev–Trinajstić information content (AvgIpc) is 2.59. The van der Waals surface area contributed by atoms with Crippen LogP contribution < -0.4 is 9.47 Å². The van der Waals surface area contributed by atoms with Gasteiger partial charge >= 0.3 is 6.61 Å². The smallest absolute Gasteiger partial charge is 0.387 e. The summed E-state index contributed by atoms with van der Waals surface area (Å²) in [5.41, 5.74) is 0.933. The molecule has 0 aliphatic heterocycles. The fourth-order valence-electron chi connectivity index (χ4n) is 2.18. The molecule has 26 heavy (non-hydrogen) atoms. The third kappa shape index (κ3) is 4.62. The molecule has 0 fully saturated rings. The Morgan fingerprint density at radius 1 is 1.19 bits per heavy atom. The number of nitro groups is 1. The lowest BCUT2D eigenvalue weighted by molar-refractivity contribution is -0.385. The molecule has 136 valence electrons. The first kappa shape index (κ1) is 19.0. The Bertz CT molecular complexity index is 847. The highest BCUT2D eigenvalue weighted by Gasteiger charge is 2.20. The first-order valence-corrected chi connectivity index (χ1v) is 7.42. The van der Waals surface area contributed by atoms with E-state index in [1.807, 2.05) is 6.92 Å². The molecule has 0 aliphatic rings. The van der Waals surface area contributed by atoms with Crippen molar-refractivity contribution >= 4 is 17.5 Å². The summed E-state index contributed by atoms with van der Waals surface area (Å²) in [6.45, 7) is -1.28. The minimum Gasteiger partial charge on any atom is -0.493 e. The monoisotopic (exact) mass is 363 g/mol. The normalized spacial score (nSPS) is 11.0. The van der Waals surface area contributed by atoms with Crippen LogP contribution in [0.1, 0.15) is 21.5 Å². The van der Waals surface area contributed by atoms with Gasteiger partial charge in [-0.05, 0) is 25.1 Å². The fraction of sp³-hybridized carbons (Fsp3) is 0.167. The number of alkyl halides is 2. The quantitative estimate of drug-likeness (QED) is 0.315. The lowest BCUT2D eigenvalue weighted by atomic mass is 10.1. The van der Waals surface area contributed by atoms with Crippen molar-refractivity contribution in [3.63, 3.8) is 0 Å². The van der Waals surface area contributed by atoms with E-state index < -0.39 is 23.0 Å². The van der Waals surface area contributed by atoms with Gasteiger partial charge in [-0.1, -0.05) is 29.8 Å². The topological polar surface area (TPSA) is 78.7 Å². The van der Waals surface area contributed by atoms with Crippen molar-refractivity contribution in [1.82, 2.24) is 0 Å². The molecule has 0 saturated heterocycles. The maximum Gasteiger partial charge on any atom is 0.387 e. The predicted molar refractivity (Wildman–Crippen MR) is 90.8 cm³/mol. The van der Waals surface area contributed by atoms with Crippen LogP contribution in [-0.4, -0.2) is 24.4 Å². The Kier molecular flexibility index (Phi) is 6.00. The van der Waals surface area contributed by atoms with Gasteiger partial charge in [0.25, 0.3) is 5.69 Å². The van der Waals surface area contributed by atoms with Crippen LogP contribution in [0, 0.1) is 17.0 Å². The molecule has 6 nitrogen and oxygen atoms in total. The standard InChI is InChI=1S/C18H15F2NO5/c1-11-3-5-12(6-4-11)15(22)8-7-13-9-16(25-2)17(26-18(19)20)10-14(13)21(23)24/h3-10,18H,1-2H3/b8-7+. The number of nitro benzene ring substituents is 1. The highest BCUT2D eigenvalue weighted by atomic mass is 19.3. The van der Waals surface area contributed by atoms with Gasteiger partial charge in [0.1, 0.15) is 0 Å². The van der Waals surface area contributed by atoms with Gasteiger partial charge in [0, 0.05) is 5.56 Å². The maximum absolute atomic E-state index is 12.4. The second kappa shape index (κ2) is 8.19. The minimum atomic E-state index is -3.16. The van der Waals surface area contributed by atoms with Crippen molar-refractivity contribution in [3.05, 3.63) is 69.3 Å². The second-order valence-electron chi connectivity index (χ2n) is 5.26. The van der Waals surface area contributed by atoms with E-state index in [-0.39, 0.29) is 17.1 Å². The number of benzene rings is 2. The van der Waals surface area contributed by atoms with E-state index >= 15 is 0 Å². The average molecular weight is 363 g/mol. The predicted octanol–water partition coefficient (Wildman–Crippen LogP) is 4.41. The lowest BCUT2D eigenvalue weighted by Gasteiger charge is -2.10. The van der Waals surface area contributed by atoms with E-state index in [2.05, 4.69) is 4.74 Å². The zero-order valence-corrected chi connectivity index (χ0v) is 13.9. The maximum atomic E-state index is 12.4. The number of nitrogens with zero attached hydrogens (tertiary/aromatic N) is 1. The summed E-state index contributed by atoms with van der Waals surface area (Å²) in [5.74, 6) is -0.930. The van der Waals surface area contributed by atoms with Gasteiger partial charge in [-0.3, -0.25) is 14.9 Å². The molecule has 2 rings (SSSR count). The van der Waals surface area contributed by atoms with Crippen LogP contribution in [0.4, 0.5) is 14.5 Å². The van der Waals surface area contributed by atoms with Crippen molar-refractivity contribution in [3.8, 4) is 11.5 Å². The van der Waals surface area contributed by atoms with Crippen molar-refractivity contribution in [2.75, 3.05) is 7.11 Å². The number of hydrogen-bond acceptors (Lipinski definition) is 5. The van der Waals surface area contributed by atoms with E-state index in [0.29, 0.717) is 5.56 Å². The first-order chi connectivity index (χ1) is 12.3. The highest BCUT2D eigenvalue weighted by molar-refractivity contribution is 6.07. The van der Waals surface area contributed by atoms with E-state index in [1.165, 1.54) is 19.3 Å². The Balaban J connectivity index is 2.39. The number of carbonyl (C=O) groups excluding carboxylic acids is 1. The number of ether oxygens (including phenoxy) is 2. The van der Waals surface area contributed by atoms with Crippen molar-refractivity contribution in [1.29, 1.82) is 0 Å². The van der Waals surface area contributed by atoms with Gasteiger partial charge in [-0.2, -0.15) is 8.78 Å². The third-order valence-electron chi connectivity index (χ3n) is 3.48. The van der Waals surface area contributed by atoms with Gasteiger partial charge in [0.2, 0.25) is 0 Å². The van der Waals surface area contributed by atoms with Crippen LogP contribution in [-0.2, 0) is 0 Å². The number of aryl methyl sites for hydroxylation is 1. The van der Waals surface area contributed by atoms with Crippen LogP contribution in [0.25, 0.3) is 6.08 Å². The molecule has 0 spiro atoms. The Morgan fingerprint density at radius 2 is 1.85 bits per heavy atom.